The first-order valence-electron chi connectivity index (χ1n) is 7.95. The molecule has 0 spiro atoms. The Morgan fingerprint density at radius 2 is 1.88 bits per heavy atom. The average Bonchev–Trinajstić information content (AvgIpc) is 2.60. The Bertz CT molecular complexity index is 831. The van der Waals surface area contributed by atoms with Gasteiger partial charge in [-0.25, -0.2) is 0 Å². The molecule has 0 unspecified atom stereocenters. The minimum atomic E-state index is -0.241. The molecule has 0 saturated heterocycles. The molecule has 0 radical (unpaired) electrons. The van der Waals surface area contributed by atoms with Crippen molar-refractivity contribution in [3.05, 3.63) is 71.9 Å². The summed E-state index contributed by atoms with van der Waals surface area (Å²) in [5, 5.41) is 0.947. The predicted molar refractivity (Wildman–Crippen MR) is 92.9 cm³/mol. The quantitative estimate of drug-likeness (QED) is 0.646. The maximum absolute atomic E-state index is 11.6. The van der Waals surface area contributed by atoms with E-state index in [4.69, 9.17) is 9.47 Å². The number of ether oxygens (including phenoxy) is 2. The molecule has 0 aliphatic heterocycles. The molecule has 24 heavy (non-hydrogen) atoms. The van der Waals surface area contributed by atoms with Gasteiger partial charge in [-0.3, -0.25) is 9.78 Å². The topological polar surface area (TPSA) is 48.4 Å². The van der Waals surface area contributed by atoms with Crippen LogP contribution in [0.5, 0.6) is 5.75 Å². The summed E-state index contributed by atoms with van der Waals surface area (Å²) in [6, 6.07) is 17.7. The zero-order valence-corrected chi connectivity index (χ0v) is 13.6. The molecular weight excluding hydrogens is 302 g/mol. The summed E-state index contributed by atoms with van der Waals surface area (Å²) in [6.07, 6.45) is 1.94. The summed E-state index contributed by atoms with van der Waals surface area (Å²) >= 11 is 0. The zero-order valence-electron chi connectivity index (χ0n) is 13.6. The van der Waals surface area contributed by atoms with Crippen molar-refractivity contribution in [3.8, 4) is 5.75 Å². The second-order valence-electron chi connectivity index (χ2n) is 5.45. The van der Waals surface area contributed by atoms with Crippen molar-refractivity contribution in [2.75, 3.05) is 6.61 Å². The zero-order chi connectivity index (χ0) is 16.8. The fraction of sp³-hybridized carbons (Fsp3) is 0.200. The molecule has 0 bridgehead atoms. The number of hydrogen-bond acceptors (Lipinski definition) is 4. The van der Waals surface area contributed by atoms with Gasteiger partial charge >= 0.3 is 5.97 Å². The van der Waals surface area contributed by atoms with E-state index in [1.807, 2.05) is 54.6 Å². The number of pyridine rings is 1. The lowest BCUT2D eigenvalue weighted by atomic mass is 10.1. The van der Waals surface area contributed by atoms with Crippen molar-refractivity contribution in [1.82, 2.24) is 4.98 Å². The van der Waals surface area contributed by atoms with Gasteiger partial charge in [-0.05, 0) is 42.3 Å². The van der Waals surface area contributed by atoms with Crippen molar-refractivity contribution in [2.24, 2.45) is 0 Å². The molecule has 3 rings (SSSR count). The highest BCUT2D eigenvalue weighted by atomic mass is 16.5. The van der Waals surface area contributed by atoms with Crippen molar-refractivity contribution >= 4 is 16.9 Å². The van der Waals surface area contributed by atoms with Gasteiger partial charge in [0, 0.05) is 11.6 Å². The molecule has 2 aromatic carbocycles. The van der Waals surface area contributed by atoms with Crippen LogP contribution in [0, 0.1) is 0 Å². The molecule has 0 N–H and O–H groups in total. The molecule has 4 nitrogen and oxygen atoms in total. The summed E-state index contributed by atoms with van der Waals surface area (Å²) in [5.74, 6) is 0.538. The predicted octanol–water partition coefficient (Wildman–Crippen LogP) is 3.92. The summed E-state index contributed by atoms with van der Waals surface area (Å²) in [5.41, 5.74) is 2.82. The van der Waals surface area contributed by atoms with E-state index in [1.165, 1.54) is 0 Å². The van der Waals surface area contributed by atoms with E-state index in [0.29, 0.717) is 13.2 Å². The van der Waals surface area contributed by atoms with E-state index in [2.05, 4.69) is 4.98 Å². The molecule has 0 saturated carbocycles. The number of esters is 1. The fourth-order valence-corrected chi connectivity index (χ4v) is 2.46. The highest BCUT2D eigenvalue weighted by Gasteiger charge is 2.06. The largest absolute Gasteiger partial charge is 0.489 e. The minimum absolute atomic E-state index is 0.228. The molecule has 0 amide bonds. The fourth-order valence-electron chi connectivity index (χ4n) is 2.46. The Balaban J connectivity index is 1.74. The number of carbonyl (C=O) groups excluding carboxylic acids is 1. The van der Waals surface area contributed by atoms with Gasteiger partial charge < -0.3 is 9.47 Å². The first-order valence-corrected chi connectivity index (χ1v) is 7.95. The normalized spacial score (nSPS) is 10.5. The van der Waals surface area contributed by atoms with Gasteiger partial charge in [-0.2, -0.15) is 0 Å². The maximum Gasteiger partial charge on any atom is 0.310 e. The van der Waals surface area contributed by atoms with Gasteiger partial charge in [0.25, 0.3) is 0 Å². The summed E-state index contributed by atoms with van der Waals surface area (Å²) in [7, 11) is 0. The van der Waals surface area contributed by atoms with E-state index < -0.39 is 0 Å². The van der Waals surface area contributed by atoms with Gasteiger partial charge in [-0.15, -0.1) is 0 Å². The van der Waals surface area contributed by atoms with E-state index in [0.717, 1.165) is 27.8 Å². The van der Waals surface area contributed by atoms with Gasteiger partial charge in [0.2, 0.25) is 0 Å². The maximum atomic E-state index is 11.6. The first-order chi connectivity index (χ1) is 11.7. The van der Waals surface area contributed by atoms with Crippen LogP contribution in [-0.4, -0.2) is 17.6 Å². The third kappa shape index (κ3) is 4.10. The molecule has 3 aromatic rings. The van der Waals surface area contributed by atoms with E-state index in [9.17, 15) is 4.79 Å². The van der Waals surface area contributed by atoms with Crippen LogP contribution < -0.4 is 4.74 Å². The molecule has 0 aliphatic rings. The minimum Gasteiger partial charge on any atom is -0.489 e. The molecule has 122 valence electrons. The number of nitrogens with zero attached hydrogens (tertiary/aromatic N) is 1. The SMILES string of the molecule is CCOC(=O)Cc1cnc2ccc(OCc3ccccc3)cc2c1. The lowest BCUT2D eigenvalue weighted by Crippen LogP contribution is -2.07. The van der Waals surface area contributed by atoms with Crippen LogP contribution in [0.15, 0.2) is 60.8 Å². The molecule has 4 heteroatoms. The Labute approximate surface area is 141 Å². The van der Waals surface area contributed by atoms with E-state index >= 15 is 0 Å². The number of aromatic nitrogens is 1. The number of hydrogen-bond donors (Lipinski definition) is 0. The first kappa shape index (κ1) is 16.0. The van der Waals surface area contributed by atoms with Crippen molar-refractivity contribution in [3.63, 3.8) is 0 Å². The van der Waals surface area contributed by atoms with Gasteiger partial charge in [-0.1, -0.05) is 30.3 Å². The standard InChI is InChI=1S/C20H19NO3/c1-2-23-20(22)11-16-10-17-12-18(8-9-19(17)21-13-16)24-14-15-6-4-3-5-7-15/h3-10,12-13H,2,11,14H2,1H3. The number of carbonyl (C=O) groups is 1. The van der Waals surface area contributed by atoms with E-state index in [1.54, 1.807) is 13.1 Å². The lowest BCUT2D eigenvalue weighted by Gasteiger charge is -2.08. The Morgan fingerprint density at radius 1 is 1.04 bits per heavy atom. The third-order valence-electron chi connectivity index (χ3n) is 3.61. The van der Waals surface area contributed by atoms with Crippen molar-refractivity contribution in [1.29, 1.82) is 0 Å². The summed E-state index contributed by atoms with van der Waals surface area (Å²) in [4.78, 5) is 16.0. The molecule has 1 aromatic heterocycles. The van der Waals surface area contributed by atoms with Crippen LogP contribution in [-0.2, 0) is 22.6 Å². The summed E-state index contributed by atoms with van der Waals surface area (Å²) < 4.78 is 10.8. The highest BCUT2D eigenvalue weighted by molar-refractivity contribution is 5.82. The molecular formula is C20H19NO3. The Morgan fingerprint density at radius 3 is 2.67 bits per heavy atom. The van der Waals surface area contributed by atoms with Crippen LogP contribution in [0.25, 0.3) is 10.9 Å². The van der Waals surface area contributed by atoms with Crippen molar-refractivity contribution in [2.45, 2.75) is 20.0 Å². The number of fused-ring (bicyclic) bond motifs is 1. The smallest absolute Gasteiger partial charge is 0.310 e. The Kier molecular flexibility index (Phi) is 5.06. The third-order valence-corrected chi connectivity index (χ3v) is 3.61. The molecule has 0 atom stereocenters. The van der Waals surface area contributed by atoms with Crippen molar-refractivity contribution < 1.29 is 14.3 Å². The van der Waals surface area contributed by atoms with Gasteiger partial charge in [0.1, 0.15) is 12.4 Å². The monoisotopic (exact) mass is 321 g/mol. The second kappa shape index (κ2) is 7.59. The van der Waals surface area contributed by atoms with Crippen LogP contribution in [0.3, 0.4) is 0 Å². The van der Waals surface area contributed by atoms with Gasteiger partial charge in [0.15, 0.2) is 0 Å². The van der Waals surface area contributed by atoms with Crippen LogP contribution in [0.2, 0.25) is 0 Å². The van der Waals surface area contributed by atoms with Crippen LogP contribution in [0.1, 0.15) is 18.1 Å². The highest BCUT2D eigenvalue weighted by Crippen LogP contribution is 2.21. The van der Waals surface area contributed by atoms with Gasteiger partial charge in [0.05, 0.1) is 18.5 Å². The number of benzene rings is 2. The summed E-state index contributed by atoms with van der Waals surface area (Å²) in [6.45, 7) is 2.70. The molecule has 1 heterocycles. The second-order valence-corrected chi connectivity index (χ2v) is 5.45. The van der Waals surface area contributed by atoms with E-state index in [-0.39, 0.29) is 12.4 Å². The molecule has 0 fully saturated rings. The van der Waals surface area contributed by atoms with Crippen LogP contribution >= 0.6 is 0 Å². The lowest BCUT2D eigenvalue weighted by molar-refractivity contribution is -0.142. The Hall–Kier alpha value is -2.88. The molecule has 0 aliphatic carbocycles. The average molecular weight is 321 g/mol. The van der Waals surface area contributed by atoms with Crippen LogP contribution in [0.4, 0.5) is 0 Å². The number of rotatable bonds is 6.